The molecule has 1 aliphatic heterocycles. The smallest absolute Gasteiger partial charge is 0.274 e. The molecule has 2 aromatic rings. The number of amides is 3. The van der Waals surface area contributed by atoms with Crippen molar-refractivity contribution in [2.75, 3.05) is 6.54 Å². The predicted molar refractivity (Wildman–Crippen MR) is 115 cm³/mol. The van der Waals surface area contributed by atoms with Gasteiger partial charge < -0.3 is 0 Å². The zero-order chi connectivity index (χ0) is 22.1. The van der Waals surface area contributed by atoms with E-state index in [1.165, 1.54) is 6.07 Å². The topological polar surface area (TPSA) is 74.8 Å². The summed E-state index contributed by atoms with van der Waals surface area (Å²) in [5.41, 5.74) is 1.53. The molecule has 2 fully saturated rings. The van der Waals surface area contributed by atoms with E-state index in [0.29, 0.717) is 18.4 Å². The molecule has 31 heavy (non-hydrogen) atoms. The lowest BCUT2D eigenvalue weighted by atomic mass is 9.81. The number of aryl methyl sites for hydroxylation is 1. The molecule has 160 valence electrons. The first kappa shape index (κ1) is 21.2. The van der Waals surface area contributed by atoms with E-state index < -0.39 is 36.1 Å². The van der Waals surface area contributed by atoms with Crippen molar-refractivity contribution in [3.63, 3.8) is 0 Å². The lowest BCUT2D eigenvalue weighted by Gasteiger charge is -2.30. The Hall–Kier alpha value is -2.99. The highest BCUT2D eigenvalue weighted by molar-refractivity contribution is 6.34. The molecule has 0 N–H and O–H groups in total. The number of hydrogen-bond acceptors (Lipinski definition) is 4. The maximum Gasteiger partial charge on any atom is 0.274 e. The van der Waals surface area contributed by atoms with Gasteiger partial charge in [0.25, 0.3) is 17.7 Å². The fraction of sp³-hybridized carbons (Fsp3) is 0.333. The molecular weight excluding hydrogens is 416 g/mol. The van der Waals surface area contributed by atoms with Crippen molar-refractivity contribution in [2.45, 2.75) is 32.6 Å². The summed E-state index contributed by atoms with van der Waals surface area (Å²) in [4.78, 5) is 52.7. The van der Waals surface area contributed by atoms with Crippen LogP contribution in [0, 0.1) is 18.8 Å². The number of hydrazine groups is 1. The summed E-state index contributed by atoms with van der Waals surface area (Å²) in [6.45, 7) is 1.48. The lowest BCUT2D eigenvalue weighted by molar-refractivity contribution is -0.154. The Labute approximate surface area is 185 Å². The number of carbonyl (C=O) groups is 4. The molecule has 0 spiro atoms. The third kappa shape index (κ3) is 4.00. The van der Waals surface area contributed by atoms with E-state index in [2.05, 4.69) is 0 Å². The maximum atomic E-state index is 13.4. The number of nitrogens with zero attached hydrogens (tertiary/aromatic N) is 2. The zero-order valence-electron chi connectivity index (χ0n) is 17.2. The summed E-state index contributed by atoms with van der Waals surface area (Å²) < 4.78 is 0. The molecule has 6 nitrogen and oxygen atoms in total. The quantitative estimate of drug-likeness (QED) is 0.521. The van der Waals surface area contributed by atoms with Gasteiger partial charge in [-0.1, -0.05) is 66.4 Å². The maximum absolute atomic E-state index is 13.4. The lowest BCUT2D eigenvalue weighted by Crippen LogP contribution is -2.52. The van der Waals surface area contributed by atoms with Crippen molar-refractivity contribution in [2.24, 2.45) is 11.8 Å². The van der Waals surface area contributed by atoms with E-state index in [0.717, 1.165) is 28.4 Å². The summed E-state index contributed by atoms with van der Waals surface area (Å²) in [6.07, 6.45) is 2.97. The van der Waals surface area contributed by atoms with Crippen molar-refractivity contribution in [1.29, 1.82) is 0 Å². The molecule has 1 aliphatic carbocycles. The van der Waals surface area contributed by atoms with Crippen molar-refractivity contribution in [3.8, 4) is 0 Å². The second-order valence-electron chi connectivity index (χ2n) is 8.12. The molecule has 1 saturated heterocycles. The molecule has 2 aliphatic rings. The minimum Gasteiger partial charge on any atom is -0.292 e. The molecule has 0 aromatic heterocycles. The summed E-state index contributed by atoms with van der Waals surface area (Å²) in [5.74, 6) is -2.70. The summed E-state index contributed by atoms with van der Waals surface area (Å²) >= 11 is 6.21. The van der Waals surface area contributed by atoms with Crippen LogP contribution in [0.2, 0.25) is 5.02 Å². The van der Waals surface area contributed by atoms with E-state index in [-0.39, 0.29) is 16.4 Å². The number of ketones is 1. The zero-order valence-corrected chi connectivity index (χ0v) is 18.0. The van der Waals surface area contributed by atoms with Crippen LogP contribution in [0.1, 0.15) is 52.0 Å². The minimum atomic E-state index is -0.647. The van der Waals surface area contributed by atoms with Crippen molar-refractivity contribution in [1.82, 2.24) is 10.0 Å². The summed E-state index contributed by atoms with van der Waals surface area (Å²) in [6, 6.07) is 13.3. The Morgan fingerprint density at radius 3 is 2.13 bits per heavy atom. The van der Waals surface area contributed by atoms with Gasteiger partial charge in [0.05, 0.1) is 22.4 Å². The van der Waals surface area contributed by atoms with Crippen molar-refractivity contribution in [3.05, 3.63) is 70.2 Å². The van der Waals surface area contributed by atoms with E-state index in [1.807, 2.05) is 6.92 Å². The first-order valence-corrected chi connectivity index (χ1v) is 10.8. The Bertz CT molecular complexity index is 1030. The van der Waals surface area contributed by atoms with Gasteiger partial charge in [0, 0.05) is 5.56 Å². The monoisotopic (exact) mass is 438 g/mol. The van der Waals surface area contributed by atoms with Crippen LogP contribution in [-0.2, 0) is 9.59 Å². The first-order valence-electron chi connectivity index (χ1n) is 10.4. The standard InChI is InChI=1S/C24H23ClN2O4/c1-15-10-12-16(13-11-15)21(28)14-26(22(29)19-8-4-5-9-20(19)25)27-23(30)17-6-2-3-7-18(17)24(27)31/h4-5,8-13,17-18H,2-3,6-7,14H2,1H3/t17-,18+. The Kier molecular flexibility index (Phi) is 5.92. The Morgan fingerprint density at radius 2 is 1.55 bits per heavy atom. The van der Waals surface area contributed by atoms with E-state index in [1.54, 1.807) is 42.5 Å². The number of hydrogen-bond donors (Lipinski definition) is 0. The number of imide groups is 1. The first-order chi connectivity index (χ1) is 14.9. The number of Topliss-reactive ketones (excluding diaryl/α,β-unsaturated/α-hetero) is 1. The number of fused-ring (bicyclic) bond motifs is 1. The largest absolute Gasteiger partial charge is 0.292 e. The Balaban J connectivity index is 1.70. The van der Waals surface area contributed by atoms with Gasteiger partial charge in [0.1, 0.15) is 6.54 Å². The van der Waals surface area contributed by atoms with E-state index in [9.17, 15) is 19.2 Å². The average molecular weight is 439 g/mol. The normalized spacial score (nSPS) is 20.5. The van der Waals surface area contributed by atoms with Gasteiger partial charge in [0.15, 0.2) is 5.78 Å². The molecule has 0 bridgehead atoms. The highest BCUT2D eigenvalue weighted by atomic mass is 35.5. The van der Waals surface area contributed by atoms with Crippen LogP contribution in [-0.4, -0.2) is 40.1 Å². The summed E-state index contributed by atoms with van der Waals surface area (Å²) in [5, 5.41) is 2.07. The van der Waals surface area contributed by atoms with Gasteiger partial charge in [-0.2, -0.15) is 5.01 Å². The number of halogens is 1. The summed E-state index contributed by atoms with van der Waals surface area (Å²) in [7, 11) is 0. The van der Waals surface area contributed by atoms with E-state index >= 15 is 0 Å². The fourth-order valence-electron chi connectivity index (χ4n) is 4.36. The molecule has 7 heteroatoms. The number of carbonyl (C=O) groups excluding carboxylic acids is 4. The molecule has 1 heterocycles. The van der Waals surface area contributed by atoms with Crippen LogP contribution in [0.5, 0.6) is 0 Å². The molecule has 0 radical (unpaired) electrons. The van der Waals surface area contributed by atoms with Crippen LogP contribution in [0.25, 0.3) is 0 Å². The van der Waals surface area contributed by atoms with E-state index in [4.69, 9.17) is 11.6 Å². The highest BCUT2D eigenvalue weighted by Gasteiger charge is 2.51. The predicted octanol–water partition coefficient (Wildman–Crippen LogP) is 4.06. The van der Waals surface area contributed by atoms with Crippen molar-refractivity contribution >= 4 is 35.1 Å². The SMILES string of the molecule is Cc1ccc(C(=O)CN(C(=O)c2ccccc2Cl)N2C(=O)[C@H]3CCCC[C@H]3C2=O)cc1. The molecule has 0 unspecified atom stereocenters. The van der Waals surface area contributed by atoms with Crippen LogP contribution in [0.3, 0.4) is 0 Å². The average Bonchev–Trinajstić information content (AvgIpc) is 3.03. The fourth-order valence-corrected chi connectivity index (χ4v) is 4.57. The van der Waals surface area contributed by atoms with Gasteiger partial charge in [-0.3, -0.25) is 19.2 Å². The molecule has 4 rings (SSSR count). The third-order valence-corrected chi connectivity index (χ3v) is 6.39. The Morgan fingerprint density at radius 1 is 0.968 bits per heavy atom. The van der Waals surface area contributed by atoms with Gasteiger partial charge in [-0.25, -0.2) is 5.01 Å². The van der Waals surface area contributed by atoms with Crippen LogP contribution >= 0.6 is 11.6 Å². The molecule has 3 amide bonds. The number of benzene rings is 2. The molecule has 2 atom stereocenters. The molecular formula is C24H23ClN2O4. The van der Waals surface area contributed by atoms with Crippen LogP contribution in [0.15, 0.2) is 48.5 Å². The van der Waals surface area contributed by atoms with Gasteiger partial charge in [0.2, 0.25) is 0 Å². The number of rotatable bonds is 5. The highest BCUT2D eigenvalue weighted by Crippen LogP contribution is 2.39. The molecule has 2 aromatic carbocycles. The third-order valence-electron chi connectivity index (χ3n) is 6.06. The van der Waals surface area contributed by atoms with Gasteiger partial charge in [-0.15, -0.1) is 0 Å². The van der Waals surface area contributed by atoms with Gasteiger partial charge >= 0.3 is 0 Å². The van der Waals surface area contributed by atoms with Crippen LogP contribution in [0.4, 0.5) is 0 Å². The van der Waals surface area contributed by atoms with Crippen LogP contribution < -0.4 is 0 Å². The van der Waals surface area contributed by atoms with Crippen molar-refractivity contribution < 1.29 is 19.2 Å². The second-order valence-corrected chi connectivity index (χ2v) is 8.52. The second kappa shape index (κ2) is 8.63. The molecule has 1 saturated carbocycles. The van der Waals surface area contributed by atoms with Gasteiger partial charge in [-0.05, 0) is 31.9 Å². The minimum absolute atomic E-state index is 0.136.